The molecule has 1 aromatic rings. The van der Waals surface area contributed by atoms with E-state index in [2.05, 4.69) is 31.2 Å². The van der Waals surface area contributed by atoms with E-state index in [4.69, 9.17) is 4.74 Å². The number of benzene rings is 1. The summed E-state index contributed by atoms with van der Waals surface area (Å²) in [6, 6.07) is 8.50. The Kier molecular flexibility index (Phi) is 5.21. The van der Waals surface area contributed by atoms with Gasteiger partial charge < -0.3 is 9.84 Å². The first-order valence-electron chi connectivity index (χ1n) is 7.02. The normalized spacial score (nSPS) is 18.8. The van der Waals surface area contributed by atoms with E-state index in [0.717, 1.165) is 44.8 Å². The molecular weight excluding hydrogens is 224 g/mol. The molecule has 1 aromatic carbocycles. The molecule has 1 saturated heterocycles. The van der Waals surface area contributed by atoms with Gasteiger partial charge in [0.25, 0.3) is 0 Å². The van der Waals surface area contributed by atoms with Gasteiger partial charge in [-0.2, -0.15) is 0 Å². The molecule has 1 atom stereocenters. The fraction of sp³-hybridized carbons (Fsp3) is 0.625. The molecule has 2 heteroatoms. The van der Waals surface area contributed by atoms with Gasteiger partial charge in [-0.05, 0) is 55.6 Å². The van der Waals surface area contributed by atoms with Gasteiger partial charge in [-0.15, -0.1) is 0 Å². The second-order valence-corrected chi connectivity index (χ2v) is 5.47. The smallest absolute Gasteiger partial charge is 0.0468 e. The maximum Gasteiger partial charge on any atom is 0.0468 e. The Bertz CT molecular complexity index is 356. The Morgan fingerprint density at radius 3 is 2.67 bits per heavy atom. The lowest BCUT2D eigenvalue weighted by atomic mass is 9.85. The zero-order valence-electron chi connectivity index (χ0n) is 11.3. The second kappa shape index (κ2) is 6.91. The molecule has 0 aromatic heterocycles. The minimum absolute atomic E-state index is 0.297. The average molecular weight is 248 g/mol. The van der Waals surface area contributed by atoms with E-state index >= 15 is 0 Å². The lowest BCUT2D eigenvalue weighted by Crippen LogP contribution is -2.21. The van der Waals surface area contributed by atoms with Crippen molar-refractivity contribution in [2.75, 3.05) is 19.8 Å². The molecule has 0 aliphatic carbocycles. The SMILES string of the molecule is Cc1ccccc1CC(CO)CC1CCOCC1. The summed E-state index contributed by atoms with van der Waals surface area (Å²) >= 11 is 0. The van der Waals surface area contributed by atoms with Gasteiger partial charge in [-0.3, -0.25) is 0 Å². The van der Waals surface area contributed by atoms with Crippen molar-refractivity contribution in [1.82, 2.24) is 0 Å². The molecule has 0 radical (unpaired) electrons. The van der Waals surface area contributed by atoms with Crippen LogP contribution in [0, 0.1) is 18.8 Å². The van der Waals surface area contributed by atoms with Crippen LogP contribution in [0.15, 0.2) is 24.3 Å². The van der Waals surface area contributed by atoms with E-state index in [1.807, 2.05) is 0 Å². The van der Waals surface area contributed by atoms with Crippen LogP contribution in [-0.2, 0) is 11.2 Å². The third-order valence-electron chi connectivity index (χ3n) is 4.04. The van der Waals surface area contributed by atoms with Crippen molar-refractivity contribution < 1.29 is 9.84 Å². The fourth-order valence-corrected chi connectivity index (χ4v) is 2.83. The van der Waals surface area contributed by atoms with Gasteiger partial charge in [0.15, 0.2) is 0 Å². The van der Waals surface area contributed by atoms with Gasteiger partial charge in [-0.1, -0.05) is 24.3 Å². The number of aliphatic hydroxyl groups is 1. The van der Waals surface area contributed by atoms with Crippen LogP contribution in [0.4, 0.5) is 0 Å². The number of aliphatic hydroxyl groups excluding tert-OH is 1. The predicted octanol–water partition coefficient (Wildman–Crippen LogP) is 2.96. The van der Waals surface area contributed by atoms with E-state index in [-0.39, 0.29) is 0 Å². The van der Waals surface area contributed by atoms with Gasteiger partial charge in [0.2, 0.25) is 0 Å². The topological polar surface area (TPSA) is 29.5 Å². The summed E-state index contributed by atoms with van der Waals surface area (Å²) in [7, 11) is 0. The van der Waals surface area contributed by atoms with E-state index in [0.29, 0.717) is 12.5 Å². The standard InChI is InChI=1S/C16H24O2/c1-13-4-2-3-5-16(13)11-15(12-17)10-14-6-8-18-9-7-14/h2-5,14-15,17H,6-12H2,1H3. The Labute approximate surface area is 110 Å². The summed E-state index contributed by atoms with van der Waals surface area (Å²) in [5, 5.41) is 9.58. The summed E-state index contributed by atoms with van der Waals surface area (Å²) in [5.74, 6) is 1.13. The molecule has 1 N–H and O–H groups in total. The van der Waals surface area contributed by atoms with Crippen molar-refractivity contribution in [2.24, 2.45) is 11.8 Å². The number of rotatable bonds is 5. The van der Waals surface area contributed by atoms with Crippen molar-refractivity contribution >= 4 is 0 Å². The minimum Gasteiger partial charge on any atom is -0.396 e. The molecule has 1 aliphatic heterocycles. The van der Waals surface area contributed by atoms with Crippen LogP contribution in [0.3, 0.4) is 0 Å². The summed E-state index contributed by atoms with van der Waals surface area (Å²) in [5.41, 5.74) is 2.71. The molecule has 2 nitrogen and oxygen atoms in total. The highest BCUT2D eigenvalue weighted by atomic mass is 16.5. The Balaban J connectivity index is 1.90. The fourth-order valence-electron chi connectivity index (χ4n) is 2.83. The van der Waals surface area contributed by atoms with Gasteiger partial charge in [0.05, 0.1) is 0 Å². The molecule has 1 aliphatic rings. The molecule has 100 valence electrons. The monoisotopic (exact) mass is 248 g/mol. The molecule has 2 rings (SSSR count). The second-order valence-electron chi connectivity index (χ2n) is 5.47. The highest BCUT2D eigenvalue weighted by molar-refractivity contribution is 5.25. The Morgan fingerprint density at radius 1 is 1.28 bits per heavy atom. The zero-order chi connectivity index (χ0) is 12.8. The number of hydrogen-bond acceptors (Lipinski definition) is 2. The summed E-state index contributed by atoms with van der Waals surface area (Å²) in [6.45, 7) is 4.24. The van der Waals surface area contributed by atoms with Crippen molar-refractivity contribution in [1.29, 1.82) is 0 Å². The van der Waals surface area contributed by atoms with E-state index in [9.17, 15) is 5.11 Å². The lowest BCUT2D eigenvalue weighted by Gasteiger charge is -2.26. The number of aryl methyl sites for hydroxylation is 1. The third kappa shape index (κ3) is 3.82. The van der Waals surface area contributed by atoms with E-state index in [1.54, 1.807) is 0 Å². The van der Waals surface area contributed by atoms with E-state index in [1.165, 1.54) is 11.1 Å². The maximum atomic E-state index is 9.58. The Hall–Kier alpha value is -0.860. The lowest BCUT2D eigenvalue weighted by molar-refractivity contribution is 0.0540. The summed E-state index contributed by atoms with van der Waals surface area (Å²) in [4.78, 5) is 0. The van der Waals surface area contributed by atoms with Crippen LogP contribution in [0.25, 0.3) is 0 Å². The van der Waals surface area contributed by atoms with Crippen LogP contribution in [0.5, 0.6) is 0 Å². The quantitative estimate of drug-likeness (QED) is 0.868. The van der Waals surface area contributed by atoms with Crippen LogP contribution < -0.4 is 0 Å². The van der Waals surface area contributed by atoms with Crippen molar-refractivity contribution in [2.45, 2.75) is 32.6 Å². The van der Waals surface area contributed by atoms with E-state index < -0.39 is 0 Å². The highest BCUT2D eigenvalue weighted by Gasteiger charge is 2.19. The summed E-state index contributed by atoms with van der Waals surface area (Å²) < 4.78 is 5.39. The van der Waals surface area contributed by atoms with Gasteiger partial charge >= 0.3 is 0 Å². The first-order chi connectivity index (χ1) is 8.79. The largest absolute Gasteiger partial charge is 0.396 e. The molecule has 0 spiro atoms. The molecule has 0 amide bonds. The highest BCUT2D eigenvalue weighted by Crippen LogP contribution is 2.25. The molecule has 1 fully saturated rings. The van der Waals surface area contributed by atoms with Crippen LogP contribution >= 0.6 is 0 Å². The van der Waals surface area contributed by atoms with Crippen molar-refractivity contribution in [3.8, 4) is 0 Å². The molecule has 1 heterocycles. The molecule has 0 saturated carbocycles. The first-order valence-corrected chi connectivity index (χ1v) is 7.02. The van der Waals surface area contributed by atoms with Gasteiger partial charge in [0.1, 0.15) is 0 Å². The van der Waals surface area contributed by atoms with Gasteiger partial charge in [0, 0.05) is 19.8 Å². The third-order valence-corrected chi connectivity index (χ3v) is 4.04. The molecule has 1 unspecified atom stereocenters. The predicted molar refractivity (Wildman–Crippen MR) is 73.6 cm³/mol. The van der Waals surface area contributed by atoms with Gasteiger partial charge in [-0.25, -0.2) is 0 Å². The Morgan fingerprint density at radius 2 is 2.00 bits per heavy atom. The van der Waals surface area contributed by atoms with Crippen molar-refractivity contribution in [3.05, 3.63) is 35.4 Å². The van der Waals surface area contributed by atoms with Crippen LogP contribution in [0.2, 0.25) is 0 Å². The average Bonchev–Trinajstić information content (AvgIpc) is 2.41. The number of hydrogen-bond donors (Lipinski definition) is 1. The molecule has 18 heavy (non-hydrogen) atoms. The molecule has 0 bridgehead atoms. The number of ether oxygens (including phenoxy) is 1. The maximum absolute atomic E-state index is 9.58. The van der Waals surface area contributed by atoms with Crippen molar-refractivity contribution in [3.63, 3.8) is 0 Å². The summed E-state index contributed by atoms with van der Waals surface area (Å²) in [6.07, 6.45) is 4.45. The van der Waals surface area contributed by atoms with Crippen LogP contribution in [0.1, 0.15) is 30.4 Å². The van der Waals surface area contributed by atoms with Crippen LogP contribution in [-0.4, -0.2) is 24.9 Å². The molecular formula is C16H24O2. The minimum atomic E-state index is 0.297. The first kappa shape index (κ1) is 13.6. The zero-order valence-corrected chi connectivity index (χ0v) is 11.3.